The van der Waals surface area contributed by atoms with Gasteiger partial charge in [0.15, 0.2) is 11.5 Å². The number of thioether (sulfide) groups is 1. The molecule has 1 aliphatic carbocycles. The van der Waals surface area contributed by atoms with Crippen LogP contribution in [0.4, 0.5) is 0 Å². The Hall–Kier alpha value is -1.26. The third-order valence-corrected chi connectivity index (χ3v) is 4.42. The van der Waals surface area contributed by atoms with Gasteiger partial charge in [0, 0.05) is 16.4 Å². The molecule has 5 heteroatoms. The number of aromatic nitrogens is 1. The molecule has 98 valence electrons. The maximum atomic E-state index is 12.2. The van der Waals surface area contributed by atoms with E-state index in [0.29, 0.717) is 16.3 Å². The summed E-state index contributed by atoms with van der Waals surface area (Å²) in [6.07, 6.45) is 5.42. The van der Waals surface area contributed by atoms with E-state index in [0.717, 1.165) is 23.3 Å². The Balaban J connectivity index is 2.02. The molecular formula is C14H12ClNO2S. The van der Waals surface area contributed by atoms with Crippen molar-refractivity contribution in [2.75, 3.05) is 6.26 Å². The molecule has 0 saturated heterocycles. The lowest BCUT2D eigenvalue weighted by Gasteiger charge is -2.04. The predicted molar refractivity (Wildman–Crippen MR) is 75.8 cm³/mol. The molecule has 0 unspecified atom stereocenters. The molecular weight excluding hydrogens is 282 g/mol. The zero-order valence-corrected chi connectivity index (χ0v) is 11.9. The summed E-state index contributed by atoms with van der Waals surface area (Å²) in [6, 6.07) is 5.60. The van der Waals surface area contributed by atoms with Crippen LogP contribution in [0.5, 0.6) is 0 Å². The van der Waals surface area contributed by atoms with Gasteiger partial charge in [-0.2, -0.15) is 0 Å². The second-order valence-corrected chi connectivity index (χ2v) is 5.81. The summed E-state index contributed by atoms with van der Waals surface area (Å²) in [5.74, 6) is 0.839. The molecule has 2 aromatic rings. The Morgan fingerprint density at radius 1 is 1.47 bits per heavy atom. The molecule has 1 aliphatic rings. The molecule has 0 spiro atoms. The van der Waals surface area contributed by atoms with Crippen LogP contribution < -0.4 is 0 Å². The highest BCUT2D eigenvalue weighted by molar-refractivity contribution is 7.98. The monoisotopic (exact) mass is 293 g/mol. The van der Waals surface area contributed by atoms with Crippen molar-refractivity contribution in [1.29, 1.82) is 0 Å². The van der Waals surface area contributed by atoms with Crippen LogP contribution in [0.2, 0.25) is 5.02 Å². The average molecular weight is 294 g/mol. The highest BCUT2D eigenvalue weighted by Gasteiger charge is 2.33. The summed E-state index contributed by atoms with van der Waals surface area (Å²) in [4.78, 5) is 13.1. The SMILES string of the molecule is CSc1cc(-c2oncc2C(=O)C2CC2)ccc1Cl. The fourth-order valence-electron chi connectivity index (χ4n) is 1.99. The van der Waals surface area contributed by atoms with E-state index in [1.165, 1.54) is 6.20 Å². The number of halogens is 1. The summed E-state index contributed by atoms with van der Waals surface area (Å²) in [7, 11) is 0. The van der Waals surface area contributed by atoms with Gasteiger partial charge in [0.25, 0.3) is 0 Å². The summed E-state index contributed by atoms with van der Waals surface area (Å²) in [5.41, 5.74) is 1.42. The number of ketones is 1. The van der Waals surface area contributed by atoms with Crippen LogP contribution in [-0.4, -0.2) is 17.2 Å². The molecule has 0 atom stereocenters. The number of carbonyl (C=O) groups excluding carboxylic acids is 1. The van der Waals surface area contributed by atoms with Gasteiger partial charge < -0.3 is 4.52 Å². The van der Waals surface area contributed by atoms with Gasteiger partial charge in [-0.3, -0.25) is 4.79 Å². The third kappa shape index (κ3) is 2.42. The van der Waals surface area contributed by atoms with Crippen molar-refractivity contribution >= 4 is 29.1 Å². The van der Waals surface area contributed by atoms with Crippen LogP contribution in [0, 0.1) is 5.92 Å². The van der Waals surface area contributed by atoms with E-state index in [9.17, 15) is 4.79 Å². The summed E-state index contributed by atoms with van der Waals surface area (Å²) >= 11 is 7.65. The predicted octanol–water partition coefficient (Wildman–Crippen LogP) is 4.31. The molecule has 1 saturated carbocycles. The lowest BCUT2D eigenvalue weighted by Crippen LogP contribution is -2.01. The molecule has 1 aromatic heterocycles. The Kier molecular flexibility index (Phi) is 3.37. The zero-order valence-electron chi connectivity index (χ0n) is 10.4. The first-order chi connectivity index (χ1) is 9.20. The summed E-state index contributed by atoms with van der Waals surface area (Å²) < 4.78 is 5.27. The molecule has 19 heavy (non-hydrogen) atoms. The molecule has 3 nitrogen and oxygen atoms in total. The lowest BCUT2D eigenvalue weighted by atomic mass is 10.0. The molecule has 1 fully saturated rings. The van der Waals surface area contributed by atoms with Crippen LogP contribution in [0.1, 0.15) is 23.2 Å². The standard InChI is InChI=1S/C14H12ClNO2S/c1-19-12-6-9(4-5-11(12)15)14-10(7-16-18-14)13(17)8-2-3-8/h4-8H,2-3H2,1H3. The molecule has 0 bridgehead atoms. The molecule has 0 N–H and O–H groups in total. The van der Waals surface area contributed by atoms with Gasteiger partial charge >= 0.3 is 0 Å². The molecule has 0 amide bonds. The van der Waals surface area contributed by atoms with Crippen LogP contribution in [-0.2, 0) is 0 Å². The van der Waals surface area contributed by atoms with Crippen molar-refractivity contribution in [1.82, 2.24) is 5.16 Å². The van der Waals surface area contributed by atoms with Crippen molar-refractivity contribution < 1.29 is 9.32 Å². The molecule has 3 rings (SSSR count). The van der Waals surface area contributed by atoms with Gasteiger partial charge in [-0.25, -0.2) is 0 Å². The minimum absolute atomic E-state index is 0.136. The lowest BCUT2D eigenvalue weighted by molar-refractivity contribution is 0.0968. The number of rotatable bonds is 4. The number of benzene rings is 1. The topological polar surface area (TPSA) is 43.1 Å². The average Bonchev–Trinajstić information content (AvgIpc) is 3.16. The van der Waals surface area contributed by atoms with Crippen LogP contribution >= 0.6 is 23.4 Å². The van der Waals surface area contributed by atoms with E-state index >= 15 is 0 Å². The molecule has 0 aliphatic heterocycles. The number of Topliss-reactive ketones (excluding diaryl/α,β-unsaturated/α-hetero) is 1. The maximum absolute atomic E-state index is 12.2. The highest BCUT2D eigenvalue weighted by atomic mass is 35.5. The minimum atomic E-state index is 0.136. The van der Waals surface area contributed by atoms with E-state index in [-0.39, 0.29) is 11.7 Å². The number of hydrogen-bond acceptors (Lipinski definition) is 4. The van der Waals surface area contributed by atoms with Gasteiger partial charge in [-0.15, -0.1) is 11.8 Å². The Bertz CT molecular complexity index is 634. The fraction of sp³-hybridized carbons (Fsp3) is 0.286. The largest absolute Gasteiger partial charge is 0.356 e. The maximum Gasteiger partial charge on any atom is 0.177 e. The fourth-order valence-corrected chi connectivity index (χ4v) is 2.85. The van der Waals surface area contributed by atoms with Crippen LogP contribution in [0.15, 0.2) is 33.8 Å². The first kappa shape index (κ1) is 12.8. The second-order valence-electron chi connectivity index (χ2n) is 4.56. The highest BCUT2D eigenvalue weighted by Crippen LogP contribution is 2.37. The van der Waals surface area contributed by atoms with Gasteiger partial charge in [-0.1, -0.05) is 16.8 Å². The van der Waals surface area contributed by atoms with Crippen molar-refractivity contribution in [3.63, 3.8) is 0 Å². The smallest absolute Gasteiger partial charge is 0.177 e. The minimum Gasteiger partial charge on any atom is -0.356 e. The number of carbonyl (C=O) groups is 1. The van der Waals surface area contributed by atoms with Crippen molar-refractivity contribution in [3.05, 3.63) is 35.0 Å². The Labute approximate surface area is 120 Å². The van der Waals surface area contributed by atoms with Crippen LogP contribution in [0.25, 0.3) is 11.3 Å². The van der Waals surface area contributed by atoms with Gasteiger partial charge in [-0.05, 0) is 37.3 Å². The quantitative estimate of drug-likeness (QED) is 0.622. The van der Waals surface area contributed by atoms with E-state index < -0.39 is 0 Å². The molecule has 1 heterocycles. The van der Waals surface area contributed by atoms with Crippen molar-refractivity contribution in [2.24, 2.45) is 5.92 Å². The number of hydrogen-bond donors (Lipinski definition) is 0. The van der Waals surface area contributed by atoms with E-state index in [4.69, 9.17) is 16.1 Å². The van der Waals surface area contributed by atoms with Gasteiger partial charge in [0.2, 0.25) is 0 Å². The van der Waals surface area contributed by atoms with E-state index in [1.807, 2.05) is 24.5 Å². The Morgan fingerprint density at radius 3 is 2.95 bits per heavy atom. The van der Waals surface area contributed by atoms with Gasteiger partial charge in [0.05, 0.1) is 16.8 Å². The first-order valence-electron chi connectivity index (χ1n) is 6.03. The Morgan fingerprint density at radius 2 is 2.26 bits per heavy atom. The zero-order chi connectivity index (χ0) is 13.4. The second kappa shape index (κ2) is 5.02. The molecule has 0 radical (unpaired) electrons. The normalized spacial score (nSPS) is 14.6. The summed E-state index contributed by atoms with van der Waals surface area (Å²) in [6.45, 7) is 0. The van der Waals surface area contributed by atoms with Crippen molar-refractivity contribution in [3.8, 4) is 11.3 Å². The van der Waals surface area contributed by atoms with E-state index in [1.54, 1.807) is 11.8 Å². The first-order valence-corrected chi connectivity index (χ1v) is 7.63. The van der Waals surface area contributed by atoms with Gasteiger partial charge in [0.1, 0.15) is 0 Å². The third-order valence-electron chi connectivity index (χ3n) is 3.20. The summed E-state index contributed by atoms with van der Waals surface area (Å²) in [5, 5.41) is 4.47. The van der Waals surface area contributed by atoms with Crippen molar-refractivity contribution in [2.45, 2.75) is 17.7 Å². The van der Waals surface area contributed by atoms with E-state index in [2.05, 4.69) is 5.16 Å². The number of nitrogens with zero attached hydrogens (tertiary/aromatic N) is 1. The van der Waals surface area contributed by atoms with Crippen LogP contribution in [0.3, 0.4) is 0 Å². The molecule has 1 aromatic carbocycles.